The first-order chi connectivity index (χ1) is 14.2. The molecule has 1 saturated carbocycles. The summed E-state index contributed by atoms with van der Waals surface area (Å²) < 4.78 is 12.3. The molecule has 0 atom stereocenters. The first-order valence-electron chi connectivity index (χ1n) is 10.5. The number of nitrogens with one attached hydrogen (secondary N) is 1. The largest absolute Gasteiger partial charge is 0.462 e. The van der Waals surface area contributed by atoms with E-state index in [1.807, 2.05) is 43.5 Å². The second-order valence-electron chi connectivity index (χ2n) is 8.61. The van der Waals surface area contributed by atoms with Crippen LogP contribution in [0, 0.1) is 0 Å². The Kier molecular flexibility index (Phi) is 6.48. The second-order valence-corrected chi connectivity index (χ2v) is 8.61. The van der Waals surface area contributed by atoms with Crippen molar-refractivity contribution in [3.8, 4) is 0 Å². The quantitative estimate of drug-likeness (QED) is 0.547. The van der Waals surface area contributed by atoms with Crippen molar-refractivity contribution >= 4 is 23.0 Å². The number of esters is 1. The number of alkyl carbamates (subject to hydrolysis) is 1. The van der Waals surface area contributed by atoms with Crippen molar-refractivity contribution in [1.82, 2.24) is 9.88 Å². The maximum Gasteiger partial charge on any atom is 0.407 e. The molecule has 1 aromatic carbocycles. The van der Waals surface area contributed by atoms with Gasteiger partial charge in [0.15, 0.2) is 0 Å². The minimum atomic E-state index is -0.578. The summed E-state index contributed by atoms with van der Waals surface area (Å²) in [5, 5.41) is 3.27. The van der Waals surface area contributed by atoms with Gasteiger partial charge in [0.25, 0.3) is 0 Å². The summed E-state index contributed by atoms with van der Waals surface area (Å²) in [5.74, 6) is -0.578. The Labute approximate surface area is 176 Å². The third-order valence-corrected chi connectivity index (χ3v) is 4.84. The summed E-state index contributed by atoms with van der Waals surface area (Å²) in [6.07, 6.45) is 4.69. The van der Waals surface area contributed by atoms with Gasteiger partial charge in [-0.15, -0.1) is 0 Å². The number of aryl methyl sites for hydroxylation is 1. The predicted molar refractivity (Wildman–Crippen MR) is 115 cm³/mol. The summed E-state index contributed by atoms with van der Waals surface area (Å²) in [6, 6.07) is 6.12. The highest BCUT2D eigenvalue weighted by Crippen LogP contribution is 2.37. The van der Waals surface area contributed by atoms with Crippen LogP contribution in [0.2, 0.25) is 0 Å². The molecule has 1 aliphatic rings. The van der Waals surface area contributed by atoms with Gasteiger partial charge in [-0.3, -0.25) is 4.79 Å². The molecule has 0 saturated heterocycles. The fourth-order valence-electron chi connectivity index (χ4n) is 3.36. The van der Waals surface area contributed by atoms with E-state index in [4.69, 9.17) is 9.47 Å². The first-order valence-corrected chi connectivity index (χ1v) is 10.5. The predicted octanol–water partition coefficient (Wildman–Crippen LogP) is 3.97. The number of rotatable bonds is 7. The zero-order valence-corrected chi connectivity index (χ0v) is 18.1. The van der Waals surface area contributed by atoms with E-state index in [2.05, 4.69) is 5.32 Å². The summed E-state index contributed by atoms with van der Waals surface area (Å²) in [7, 11) is 0. The van der Waals surface area contributed by atoms with Crippen molar-refractivity contribution < 1.29 is 19.1 Å². The highest BCUT2D eigenvalue weighted by atomic mass is 16.6. The molecule has 1 amide bonds. The number of amides is 1. The van der Waals surface area contributed by atoms with Gasteiger partial charge in [-0.25, -0.2) is 9.59 Å². The third kappa shape index (κ3) is 5.40. The van der Waals surface area contributed by atoms with Gasteiger partial charge < -0.3 is 19.4 Å². The number of ether oxygens (including phenoxy) is 2. The molecule has 7 heteroatoms. The average Bonchev–Trinajstić information content (AvgIpc) is 3.49. The number of benzene rings is 1. The van der Waals surface area contributed by atoms with Crippen molar-refractivity contribution in [2.24, 2.45) is 0 Å². The van der Waals surface area contributed by atoms with Gasteiger partial charge in [0.1, 0.15) is 11.2 Å². The van der Waals surface area contributed by atoms with Gasteiger partial charge in [0.05, 0.1) is 12.1 Å². The van der Waals surface area contributed by atoms with E-state index in [-0.39, 0.29) is 17.6 Å². The summed E-state index contributed by atoms with van der Waals surface area (Å²) in [6.45, 7) is 7.89. The fourth-order valence-corrected chi connectivity index (χ4v) is 3.36. The Morgan fingerprint density at radius 1 is 1.23 bits per heavy atom. The molecule has 3 rings (SSSR count). The van der Waals surface area contributed by atoms with Crippen molar-refractivity contribution in [2.45, 2.75) is 65.0 Å². The van der Waals surface area contributed by atoms with Crippen molar-refractivity contribution in [1.29, 1.82) is 0 Å². The van der Waals surface area contributed by atoms with Crippen molar-refractivity contribution in [3.63, 3.8) is 0 Å². The van der Waals surface area contributed by atoms with Crippen LogP contribution < -0.4 is 10.7 Å². The van der Waals surface area contributed by atoms with Gasteiger partial charge in [-0.1, -0.05) is 6.07 Å². The van der Waals surface area contributed by atoms with E-state index in [0.29, 0.717) is 30.8 Å². The zero-order valence-electron chi connectivity index (χ0n) is 18.1. The molecular weight excluding hydrogens is 384 g/mol. The third-order valence-electron chi connectivity index (χ3n) is 4.84. The van der Waals surface area contributed by atoms with Crippen LogP contribution in [0.1, 0.15) is 68.9 Å². The van der Waals surface area contributed by atoms with Crippen LogP contribution in [0.25, 0.3) is 10.9 Å². The van der Waals surface area contributed by atoms with E-state index >= 15 is 0 Å². The molecule has 30 heavy (non-hydrogen) atoms. The molecule has 1 aliphatic carbocycles. The molecule has 0 radical (unpaired) electrons. The van der Waals surface area contributed by atoms with Crippen molar-refractivity contribution in [2.75, 3.05) is 13.2 Å². The fraction of sp³-hybridized carbons (Fsp3) is 0.522. The van der Waals surface area contributed by atoms with Crippen LogP contribution in [0.3, 0.4) is 0 Å². The molecule has 0 aliphatic heterocycles. The molecule has 0 bridgehead atoms. The lowest BCUT2D eigenvalue weighted by Crippen LogP contribution is -2.33. The number of fused-ring (bicyclic) bond motifs is 1. The number of aromatic nitrogens is 1. The summed E-state index contributed by atoms with van der Waals surface area (Å²) >= 11 is 0. The number of carbonyl (C=O) groups is 2. The van der Waals surface area contributed by atoms with Crippen LogP contribution in [-0.2, 0) is 15.9 Å². The van der Waals surface area contributed by atoms with E-state index in [9.17, 15) is 14.4 Å². The maximum absolute atomic E-state index is 13.0. The topological polar surface area (TPSA) is 86.6 Å². The molecule has 0 unspecified atom stereocenters. The maximum atomic E-state index is 13.0. The van der Waals surface area contributed by atoms with E-state index in [0.717, 1.165) is 23.9 Å². The van der Waals surface area contributed by atoms with Crippen LogP contribution in [0.4, 0.5) is 4.79 Å². The Morgan fingerprint density at radius 2 is 1.97 bits per heavy atom. The van der Waals surface area contributed by atoms with E-state index in [1.54, 1.807) is 13.1 Å². The Bertz CT molecular complexity index is 999. The summed E-state index contributed by atoms with van der Waals surface area (Å²) in [5.41, 5.74) is 1.08. The molecule has 2 aromatic rings. The number of hydrogen-bond donors (Lipinski definition) is 1. The number of hydrogen-bond acceptors (Lipinski definition) is 5. The van der Waals surface area contributed by atoms with Crippen molar-refractivity contribution in [3.05, 3.63) is 45.7 Å². The molecule has 7 nitrogen and oxygen atoms in total. The monoisotopic (exact) mass is 414 g/mol. The second kappa shape index (κ2) is 8.90. The van der Waals surface area contributed by atoms with E-state index in [1.165, 1.54) is 0 Å². The highest BCUT2D eigenvalue weighted by molar-refractivity contribution is 5.94. The Balaban J connectivity index is 1.76. The lowest BCUT2D eigenvalue weighted by molar-refractivity contribution is 0.0515. The molecular formula is C23H30N2O5. The van der Waals surface area contributed by atoms with Gasteiger partial charge in [0.2, 0.25) is 5.43 Å². The first kappa shape index (κ1) is 21.9. The molecule has 1 fully saturated rings. The summed E-state index contributed by atoms with van der Waals surface area (Å²) in [4.78, 5) is 37.0. The molecule has 1 heterocycles. The standard InChI is InChI=1S/C23H30N2O5/c1-5-29-21(27)18-14-25(16-9-10-16)19-11-8-15(13-17(19)20(18)26)7-6-12-24-22(28)30-23(2,3)4/h8,11,13-14,16H,5-7,9-10,12H2,1-4H3,(H,24,28). The number of pyridine rings is 1. The minimum Gasteiger partial charge on any atom is -0.462 e. The van der Waals surface area contributed by atoms with Gasteiger partial charge in [-0.2, -0.15) is 0 Å². The highest BCUT2D eigenvalue weighted by Gasteiger charge is 2.27. The van der Waals surface area contributed by atoms with Crippen LogP contribution in [0.15, 0.2) is 29.2 Å². The minimum absolute atomic E-state index is 0.0833. The van der Waals surface area contributed by atoms with Gasteiger partial charge in [0, 0.05) is 24.2 Å². The Hall–Kier alpha value is -2.83. The average molecular weight is 415 g/mol. The van der Waals surface area contributed by atoms with Crippen LogP contribution in [0.5, 0.6) is 0 Å². The molecule has 1 N–H and O–H groups in total. The van der Waals surface area contributed by atoms with Crippen LogP contribution >= 0.6 is 0 Å². The number of carbonyl (C=O) groups excluding carboxylic acids is 2. The van der Waals surface area contributed by atoms with E-state index < -0.39 is 17.7 Å². The zero-order chi connectivity index (χ0) is 21.9. The van der Waals surface area contributed by atoms with Crippen LogP contribution in [-0.4, -0.2) is 35.4 Å². The lowest BCUT2D eigenvalue weighted by atomic mass is 10.0. The van der Waals surface area contributed by atoms with Gasteiger partial charge in [-0.05, 0) is 71.1 Å². The molecule has 162 valence electrons. The lowest BCUT2D eigenvalue weighted by Gasteiger charge is -2.19. The molecule has 0 spiro atoms. The van der Waals surface area contributed by atoms with Gasteiger partial charge >= 0.3 is 12.1 Å². The SMILES string of the molecule is CCOC(=O)c1cn(C2CC2)c2ccc(CCCNC(=O)OC(C)(C)C)cc2c1=O. The smallest absolute Gasteiger partial charge is 0.407 e. The Morgan fingerprint density at radius 3 is 2.60 bits per heavy atom. The normalized spacial score (nSPS) is 13.9. The molecule has 1 aromatic heterocycles. The number of nitrogens with zero attached hydrogens (tertiary/aromatic N) is 1.